The van der Waals surface area contributed by atoms with Crippen LogP contribution in [0.3, 0.4) is 0 Å². The van der Waals surface area contributed by atoms with E-state index in [4.69, 9.17) is 32.4 Å². The highest BCUT2D eigenvalue weighted by molar-refractivity contribution is 7.57. The average molecular weight is 527 g/mol. The van der Waals surface area contributed by atoms with Crippen LogP contribution in [-0.2, 0) is 43.6 Å². The molecule has 4 fully saturated rings. The third-order valence-electron chi connectivity index (χ3n) is 7.13. The molecule has 3 heterocycles. The molecule has 0 spiro atoms. The molecule has 0 amide bonds. The molecular weight excluding hydrogens is 487 g/mol. The van der Waals surface area contributed by atoms with E-state index in [0.29, 0.717) is 12.2 Å². The van der Waals surface area contributed by atoms with Crippen molar-refractivity contribution in [2.75, 3.05) is 13.2 Å². The zero-order chi connectivity index (χ0) is 25.4. The van der Waals surface area contributed by atoms with Gasteiger partial charge in [0.1, 0.15) is 30.5 Å². The second-order valence-corrected chi connectivity index (χ2v) is 17.2. The van der Waals surface area contributed by atoms with Crippen LogP contribution in [0.25, 0.3) is 0 Å². The standard InChI is InChI=1S/C25H39O8PSi/c1-8-28-34(26,29-9-2)16-18-19-21(27-15-17-13-11-10-12-14-17)22-23(20(18)31-24(30-19)32-22)33-35(6,7)25(3,4)5/h10-14,16,19-24H,8-9,15H2,1-7H3/b18-16+/t19-,20+,21+,22-,23+,24?/m0/s1. The highest BCUT2D eigenvalue weighted by atomic mass is 31.2. The summed E-state index contributed by atoms with van der Waals surface area (Å²) >= 11 is 0. The smallest absolute Gasteiger partial charge is 0.354 e. The Morgan fingerprint density at radius 1 is 0.971 bits per heavy atom. The molecule has 0 N–H and O–H groups in total. The van der Waals surface area contributed by atoms with Gasteiger partial charge in [0.05, 0.1) is 19.8 Å². The van der Waals surface area contributed by atoms with Crippen molar-refractivity contribution in [1.29, 1.82) is 0 Å². The molecule has 1 aromatic rings. The van der Waals surface area contributed by atoms with Crippen LogP contribution in [0.15, 0.2) is 41.7 Å². The number of ether oxygens (including phenoxy) is 4. The first-order valence-electron chi connectivity index (χ1n) is 12.4. The Balaban J connectivity index is 1.71. The van der Waals surface area contributed by atoms with Crippen LogP contribution in [-0.4, -0.2) is 58.5 Å². The Kier molecular flexibility index (Phi) is 8.13. The lowest BCUT2D eigenvalue weighted by Gasteiger charge is -2.58. The minimum absolute atomic E-state index is 0.0195. The molecule has 6 atom stereocenters. The minimum Gasteiger partial charge on any atom is -0.408 e. The van der Waals surface area contributed by atoms with E-state index in [9.17, 15) is 4.57 Å². The molecular formula is C25H39O8PSi. The summed E-state index contributed by atoms with van der Waals surface area (Å²) in [5.41, 5.74) is 1.71. The van der Waals surface area contributed by atoms with E-state index in [1.165, 1.54) is 0 Å². The Morgan fingerprint density at radius 3 is 2.14 bits per heavy atom. The van der Waals surface area contributed by atoms with Crippen LogP contribution in [0.4, 0.5) is 0 Å². The van der Waals surface area contributed by atoms with Crippen molar-refractivity contribution in [1.82, 2.24) is 0 Å². The Hall–Kier alpha value is -0.873. The molecule has 1 saturated carbocycles. The molecule has 3 saturated heterocycles. The fourth-order valence-corrected chi connectivity index (χ4v) is 7.29. The first kappa shape index (κ1) is 27.2. The van der Waals surface area contributed by atoms with E-state index in [2.05, 4.69) is 33.9 Å². The summed E-state index contributed by atoms with van der Waals surface area (Å²) in [6, 6.07) is 9.95. The summed E-state index contributed by atoms with van der Waals surface area (Å²) in [5.74, 6) is 1.56. The van der Waals surface area contributed by atoms with Crippen LogP contribution in [0.1, 0.15) is 40.2 Å². The second-order valence-electron chi connectivity index (χ2n) is 10.6. The van der Waals surface area contributed by atoms with Gasteiger partial charge in [0.15, 0.2) is 8.32 Å². The lowest BCUT2D eigenvalue weighted by atomic mass is 9.81. The number of hydrogen-bond donors (Lipinski definition) is 0. The predicted molar refractivity (Wildman–Crippen MR) is 134 cm³/mol. The summed E-state index contributed by atoms with van der Waals surface area (Å²) in [7, 11) is -5.74. The molecule has 5 rings (SSSR count). The van der Waals surface area contributed by atoms with Crippen molar-refractivity contribution >= 4 is 15.9 Å². The predicted octanol–water partition coefficient (Wildman–Crippen LogP) is 5.59. The molecule has 1 aliphatic carbocycles. The first-order valence-corrected chi connectivity index (χ1v) is 16.9. The Morgan fingerprint density at radius 2 is 1.57 bits per heavy atom. The molecule has 0 aromatic heterocycles. The lowest BCUT2D eigenvalue weighted by Crippen LogP contribution is -2.72. The molecule has 35 heavy (non-hydrogen) atoms. The molecule has 4 bridgehead atoms. The number of hydrogen-bond acceptors (Lipinski definition) is 8. The second kappa shape index (κ2) is 10.5. The van der Waals surface area contributed by atoms with Gasteiger partial charge in [-0.25, -0.2) is 0 Å². The van der Waals surface area contributed by atoms with Gasteiger partial charge in [-0.1, -0.05) is 51.1 Å². The molecule has 0 radical (unpaired) electrons. The maximum absolute atomic E-state index is 13.5. The van der Waals surface area contributed by atoms with Crippen molar-refractivity contribution < 1.29 is 37.0 Å². The van der Waals surface area contributed by atoms with Crippen LogP contribution >= 0.6 is 7.60 Å². The van der Waals surface area contributed by atoms with Gasteiger partial charge in [0, 0.05) is 11.4 Å². The summed E-state index contributed by atoms with van der Waals surface area (Å²) in [6.45, 7) is 14.6. The van der Waals surface area contributed by atoms with Gasteiger partial charge in [-0.3, -0.25) is 4.57 Å². The maximum atomic E-state index is 13.5. The van der Waals surface area contributed by atoms with Crippen molar-refractivity contribution in [2.24, 2.45) is 0 Å². The van der Waals surface area contributed by atoms with Crippen LogP contribution < -0.4 is 0 Å². The van der Waals surface area contributed by atoms with Gasteiger partial charge in [-0.15, -0.1) is 0 Å². The van der Waals surface area contributed by atoms with Crippen LogP contribution in [0, 0.1) is 0 Å². The van der Waals surface area contributed by atoms with Crippen LogP contribution in [0.2, 0.25) is 18.1 Å². The van der Waals surface area contributed by atoms with Crippen molar-refractivity contribution in [3.05, 3.63) is 47.3 Å². The number of benzene rings is 1. The van der Waals surface area contributed by atoms with Gasteiger partial charge in [0.2, 0.25) is 0 Å². The van der Waals surface area contributed by atoms with E-state index < -0.39 is 46.8 Å². The van der Waals surface area contributed by atoms with E-state index >= 15 is 0 Å². The van der Waals surface area contributed by atoms with Crippen molar-refractivity contribution in [3.63, 3.8) is 0 Å². The highest BCUT2D eigenvalue weighted by Crippen LogP contribution is 2.55. The molecule has 3 aliphatic heterocycles. The van der Waals surface area contributed by atoms with Gasteiger partial charge < -0.3 is 32.4 Å². The SMILES string of the molecule is CCOP(=O)(/C=C1/[C@H]2OC3O[C@H]([C@@H]2O[Si](C)(C)C(C)(C)C)[C@H](OCc2ccccc2)[C@H]1O3)OCC. The third-order valence-corrected chi connectivity index (χ3v) is 13.5. The zero-order valence-electron chi connectivity index (χ0n) is 21.8. The van der Waals surface area contributed by atoms with Gasteiger partial charge in [0.25, 0.3) is 6.48 Å². The van der Waals surface area contributed by atoms with Crippen molar-refractivity contribution in [2.45, 2.75) is 96.4 Å². The summed E-state index contributed by atoms with van der Waals surface area (Å²) in [5, 5.41) is -0.0195. The fourth-order valence-electron chi connectivity index (χ4n) is 4.40. The molecule has 196 valence electrons. The quantitative estimate of drug-likeness (QED) is 0.288. The molecule has 4 aliphatic rings. The summed E-state index contributed by atoms with van der Waals surface area (Å²) in [6.07, 6.45) is -2.28. The lowest BCUT2D eigenvalue weighted by molar-refractivity contribution is -0.447. The fraction of sp³-hybridized carbons (Fsp3) is 0.680. The normalized spacial score (nSPS) is 31.9. The van der Waals surface area contributed by atoms with Crippen LogP contribution in [0.5, 0.6) is 0 Å². The van der Waals surface area contributed by atoms with E-state index in [0.717, 1.165) is 5.56 Å². The number of rotatable bonds is 10. The first-order chi connectivity index (χ1) is 16.5. The summed E-state index contributed by atoms with van der Waals surface area (Å²) in [4.78, 5) is 0. The van der Waals surface area contributed by atoms with Gasteiger partial charge in [-0.2, -0.15) is 0 Å². The van der Waals surface area contributed by atoms with E-state index in [-0.39, 0.29) is 24.4 Å². The highest BCUT2D eigenvalue weighted by Gasteiger charge is 2.62. The monoisotopic (exact) mass is 526 g/mol. The van der Waals surface area contributed by atoms with E-state index in [1.54, 1.807) is 19.7 Å². The van der Waals surface area contributed by atoms with Gasteiger partial charge in [-0.05, 0) is 37.5 Å². The largest absolute Gasteiger partial charge is 0.408 e. The van der Waals surface area contributed by atoms with E-state index in [1.807, 2.05) is 30.3 Å². The third kappa shape index (κ3) is 5.69. The average Bonchev–Trinajstić information content (AvgIpc) is 2.78. The maximum Gasteiger partial charge on any atom is 0.354 e. The topological polar surface area (TPSA) is 81.7 Å². The Labute approximate surface area is 209 Å². The zero-order valence-corrected chi connectivity index (χ0v) is 23.7. The molecule has 1 aromatic carbocycles. The van der Waals surface area contributed by atoms with Gasteiger partial charge >= 0.3 is 7.60 Å². The molecule has 10 heteroatoms. The molecule has 8 nitrogen and oxygen atoms in total. The molecule has 1 unspecified atom stereocenters. The Bertz CT molecular complexity index is 937. The minimum atomic E-state index is -3.52. The summed E-state index contributed by atoms with van der Waals surface area (Å²) < 4.78 is 56.3. The van der Waals surface area contributed by atoms with Crippen molar-refractivity contribution in [3.8, 4) is 0 Å².